The number of halogens is 6. The van der Waals surface area contributed by atoms with Gasteiger partial charge in [-0.1, -0.05) is 13.0 Å². The van der Waals surface area contributed by atoms with E-state index in [1.54, 1.807) is 11.5 Å². The third-order valence-corrected chi connectivity index (χ3v) is 3.05. The molecule has 120 valence electrons. The molecule has 9 heteroatoms. The molecule has 0 saturated heterocycles. The first-order valence-corrected chi connectivity index (χ1v) is 6.13. The highest BCUT2D eigenvalue weighted by atomic mass is 19.4. The molecular weight excluding hydrogens is 300 g/mol. The van der Waals surface area contributed by atoms with Gasteiger partial charge in [0.15, 0.2) is 5.92 Å². The molecule has 0 aliphatic heterocycles. The summed E-state index contributed by atoms with van der Waals surface area (Å²) in [6.07, 6.45) is -9.39. The molecule has 1 aromatic rings. The van der Waals surface area contributed by atoms with E-state index >= 15 is 0 Å². The van der Waals surface area contributed by atoms with Crippen molar-refractivity contribution in [2.45, 2.75) is 38.2 Å². The number of aromatic nitrogens is 1. The smallest absolute Gasteiger partial charge is 0.271 e. The van der Waals surface area contributed by atoms with Crippen LogP contribution < -0.4 is 11.3 Å². The zero-order valence-electron chi connectivity index (χ0n) is 11.1. The van der Waals surface area contributed by atoms with Gasteiger partial charge in [0, 0.05) is 24.4 Å². The quantitative estimate of drug-likeness (QED) is 0.499. The van der Waals surface area contributed by atoms with Crippen LogP contribution in [-0.4, -0.2) is 23.4 Å². The molecule has 0 amide bonds. The first-order chi connectivity index (χ1) is 9.59. The summed E-state index contributed by atoms with van der Waals surface area (Å²) in [5.74, 6) is 1.34. The van der Waals surface area contributed by atoms with E-state index in [9.17, 15) is 26.3 Å². The van der Waals surface area contributed by atoms with Crippen LogP contribution in [0.1, 0.15) is 18.2 Å². The fourth-order valence-electron chi connectivity index (χ4n) is 1.93. The molecule has 0 saturated carbocycles. The van der Waals surface area contributed by atoms with Gasteiger partial charge in [-0.3, -0.25) is 16.3 Å². The van der Waals surface area contributed by atoms with E-state index < -0.39 is 30.7 Å². The van der Waals surface area contributed by atoms with E-state index in [1.807, 2.05) is 6.92 Å². The molecule has 0 bridgehead atoms. The number of nitrogens with one attached hydrogen (secondary N) is 1. The van der Waals surface area contributed by atoms with Crippen molar-refractivity contribution in [3.05, 3.63) is 29.6 Å². The summed E-state index contributed by atoms with van der Waals surface area (Å²) in [5, 5.41) is 0. The van der Waals surface area contributed by atoms with Crippen molar-refractivity contribution in [1.29, 1.82) is 0 Å². The Labute approximate surface area is 117 Å². The van der Waals surface area contributed by atoms with Gasteiger partial charge in [-0.25, -0.2) is 0 Å². The van der Waals surface area contributed by atoms with Gasteiger partial charge in [-0.15, -0.1) is 0 Å². The molecule has 0 aliphatic rings. The molecule has 3 nitrogen and oxygen atoms in total. The average molecular weight is 315 g/mol. The third-order valence-electron chi connectivity index (χ3n) is 3.05. The third kappa shape index (κ3) is 4.85. The first kappa shape index (κ1) is 17.7. The Morgan fingerprint density at radius 3 is 2.05 bits per heavy atom. The Kier molecular flexibility index (Phi) is 5.57. The number of nitrogens with two attached hydrogens (primary N) is 1. The Balaban J connectivity index is 2.98. The maximum atomic E-state index is 12.6. The Bertz CT molecular complexity index is 426. The van der Waals surface area contributed by atoms with E-state index in [-0.39, 0.29) is 5.69 Å². The Morgan fingerprint density at radius 2 is 1.71 bits per heavy atom. The lowest BCUT2D eigenvalue weighted by Gasteiger charge is -2.30. The molecule has 21 heavy (non-hydrogen) atoms. The van der Waals surface area contributed by atoms with Crippen LogP contribution >= 0.6 is 0 Å². The van der Waals surface area contributed by atoms with Crippen molar-refractivity contribution < 1.29 is 26.3 Å². The molecule has 3 N–H and O–H groups in total. The number of hydrogen-bond acceptors (Lipinski definition) is 3. The summed E-state index contributed by atoms with van der Waals surface area (Å²) in [5.41, 5.74) is 2.55. The highest BCUT2D eigenvalue weighted by molar-refractivity contribution is 5.15. The normalized spacial score (nSPS) is 14.5. The lowest BCUT2D eigenvalue weighted by atomic mass is 9.94. The van der Waals surface area contributed by atoms with Crippen LogP contribution in [0.3, 0.4) is 0 Å². The fourth-order valence-corrected chi connectivity index (χ4v) is 1.93. The number of aryl methyl sites for hydroxylation is 1. The highest BCUT2D eigenvalue weighted by Gasteiger charge is 2.60. The van der Waals surface area contributed by atoms with E-state index in [1.165, 1.54) is 12.3 Å². The topological polar surface area (TPSA) is 50.9 Å². The summed E-state index contributed by atoms with van der Waals surface area (Å²) in [6, 6.07) is 0.962. The molecule has 0 aliphatic carbocycles. The van der Waals surface area contributed by atoms with Crippen LogP contribution in [0.5, 0.6) is 0 Å². The minimum absolute atomic E-state index is 0.105. The standard InChI is InChI=1S/C12H15F6N3/c1-2-7-3-4-8(20-6-7)5-9(21-19)10(11(13,14)15)12(16,17)18/h3-4,6,9-10,21H,2,5,19H2,1H3. The number of hydrazine groups is 1. The Morgan fingerprint density at radius 1 is 1.14 bits per heavy atom. The summed E-state index contributed by atoms with van der Waals surface area (Å²) in [4.78, 5) is 3.85. The van der Waals surface area contributed by atoms with Gasteiger partial charge in [0.1, 0.15) is 0 Å². The van der Waals surface area contributed by atoms with Crippen LogP contribution in [-0.2, 0) is 12.8 Å². The van der Waals surface area contributed by atoms with E-state index in [0.29, 0.717) is 6.42 Å². The molecule has 0 radical (unpaired) electrons. The predicted octanol–water partition coefficient (Wildman–Crippen LogP) is 2.76. The molecule has 0 fully saturated rings. The monoisotopic (exact) mass is 315 g/mol. The van der Waals surface area contributed by atoms with Crippen molar-refractivity contribution in [1.82, 2.24) is 10.4 Å². The van der Waals surface area contributed by atoms with E-state index in [0.717, 1.165) is 5.56 Å². The van der Waals surface area contributed by atoms with Crippen LogP contribution in [0, 0.1) is 5.92 Å². The van der Waals surface area contributed by atoms with Crippen LogP contribution in [0.2, 0.25) is 0 Å². The second-order valence-electron chi connectivity index (χ2n) is 4.55. The number of rotatable bonds is 5. The van der Waals surface area contributed by atoms with E-state index in [4.69, 9.17) is 5.84 Å². The second kappa shape index (κ2) is 6.61. The minimum Gasteiger partial charge on any atom is -0.271 e. The summed E-state index contributed by atoms with van der Waals surface area (Å²) in [6.45, 7) is 1.85. The van der Waals surface area contributed by atoms with Gasteiger partial charge in [0.2, 0.25) is 0 Å². The van der Waals surface area contributed by atoms with Crippen molar-refractivity contribution >= 4 is 0 Å². The summed E-state index contributed by atoms with van der Waals surface area (Å²) >= 11 is 0. The Hall–Kier alpha value is -1.35. The number of hydrogen-bond donors (Lipinski definition) is 2. The van der Waals surface area contributed by atoms with Gasteiger partial charge in [-0.2, -0.15) is 26.3 Å². The van der Waals surface area contributed by atoms with Crippen molar-refractivity contribution in [3.63, 3.8) is 0 Å². The van der Waals surface area contributed by atoms with Crippen LogP contribution in [0.15, 0.2) is 18.3 Å². The minimum atomic E-state index is -5.45. The lowest BCUT2D eigenvalue weighted by Crippen LogP contribution is -2.54. The maximum absolute atomic E-state index is 12.6. The second-order valence-corrected chi connectivity index (χ2v) is 4.55. The lowest BCUT2D eigenvalue weighted by molar-refractivity contribution is -0.291. The molecule has 0 spiro atoms. The number of pyridine rings is 1. The SMILES string of the molecule is CCc1ccc(CC(NN)C(C(F)(F)F)C(F)(F)F)nc1. The van der Waals surface area contributed by atoms with Crippen molar-refractivity contribution in [2.24, 2.45) is 11.8 Å². The number of nitrogens with zero attached hydrogens (tertiary/aromatic N) is 1. The molecule has 0 aromatic carbocycles. The van der Waals surface area contributed by atoms with Crippen molar-refractivity contribution in [2.75, 3.05) is 0 Å². The summed E-state index contributed by atoms with van der Waals surface area (Å²) < 4.78 is 75.8. The zero-order valence-corrected chi connectivity index (χ0v) is 11.1. The van der Waals surface area contributed by atoms with Gasteiger partial charge < -0.3 is 0 Å². The molecule has 1 atom stereocenters. The summed E-state index contributed by atoms with van der Waals surface area (Å²) in [7, 11) is 0. The van der Waals surface area contributed by atoms with Crippen molar-refractivity contribution in [3.8, 4) is 0 Å². The molecule has 1 rings (SSSR count). The molecule has 1 heterocycles. The van der Waals surface area contributed by atoms with Gasteiger partial charge in [0.25, 0.3) is 0 Å². The van der Waals surface area contributed by atoms with Crippen LogP contribution in [0.4, 0.5) is 26.3 Å². The zero-order chi connectivity index (χ0) is 16.3. The highest BCUT2D eigenvalue weighted by Crippen LogP contribution is 2.41. The molecule has 1 aromatic heterocycles. The molecule has 1 unspecified atom stereocenters. The maximum Gasteiger partial charge on any atom is 0.402 e. The van der Waals surface area contributed by atoms with Crippen LogP contribution in [0.25, 0.3) is 0 Å². The largest absolute Gasteiger partial charge is 0.402 e. The number of alkyl halides is 6. The van der Waals surface area contributed by atoms with Gasteiger partial charge in [-0.05, 0) is 18.1 Å². The van der Waals surface area contributed by atoms with Gasteiger partial charge >= 0.3 is 12.4 Å². The molecular formula is C12H15F6N3. The predicted molar refractivity (Wildman–Crippen MR) is 64.0 cm³/mol. The van der Waals surface area contributed by atoms with Gasteiger partial charge in [0.05, 0.1) is 0 Å². The first-order valence-electron chi connectivity index (χ1n) is 6.13. The average Bonchev–Trinajstić information content (AvgIpc) is 2.35. The van der Waals surface area contributed by atoms with E-state index in [2.05, 4.69) is 4.98 Å². The fraction of sp³-hybridized carbons (Fsp3) is 0.583.